The maximum Gasteiger partial charge on any atom is 0.333 e. The first-order chi connectivity index (χ1) is 23.9. The predicted octanol–water partition coefficient (Wildman–Crippen LogP) is 5.72. The summed E-state index contributed by atoms with van der Waals surface area (Å²) in [5.41, 5.74) is 6.66. The molecule has 10 heteroatoms. The Morgan fingerprint density at radius 1 is 0.714 bits per heavy atom. The molecule has 2 aliphatic heterocycles. The Morgan fingerprint density at radius 3 is 2.12 bits per heavy atom. The fourth-order valence-electron chi connectivity index (χ4n) is 5.73. The third-order valence-corrected chi connectivity index (χ3v) is 8.19. The molecule has 240 valence electrons. The number of amides is 5. The van der Waals surface area contributed by atoms with Gasteiger partial charge in [-0.3, -0.25) is 19.4 Å². The summed E-state index contributed by atoms with van der Waals surface area (Å²) in [4.78, 5) is 57.5. The first-order valence-electron chi connectivity index (χ1n) is 15.6. The maximum absolute atomic E-state index is 13.5. The van der Waals surface area contributed by atoms with Crippen LogP contribution in [0.25, 0.3) is 17.3 Å². The van der Waals surface area contributed by atoms with Crippen LogP contribution >= 0.6 is 0 Å². The van der Waals surface area contributed by atoms with Gasteiger partial charge in [-0.25, -0.2) is 9.69 Å². The van der Waals surface area contributed by atoms with Crippen LogP contribution in [-0.4, -0.2) is 28.7 Å². The number of carbonyl (C=O) groups is 4. The smallest absolute Gasteiger partial charge is 0.333 e. The number of hydrogen-bond donors (Lipinski definition) is 4. The number of fused-ring (bicyclic) bond motifs is 1. The van der Waals surface area contributed by atoms with Gasteiger partial charge >= 0.3 is 6.03 Å². The number of nitrogens with zero attached hydrogens (tertiary/aromatic N) is 2. The molecule has 5 amide bonds. The van der Waals surface area contributed by atoms with Gasteiger partial charge in [-0.05, 0) is 70.8 Å². The second kappa shape index (κ2) is 13.5. The van der Waals surface area contributed by atoms with Crippen LogP contribution in [0.2, 0.25) is 0 Å². The van der Waals surface area contributed by atoms with E-state index < -0.39 is 11.9 Å². The van der Waals surface area contributed by atoms with Gasteiger partial charge in [0, 0.05) is 42.3 Å². The van der Waals surface area contributed by atoms with Crippen LogP contribution in [-0.2, 0) is 22.7 Å². The molecule has 10 nitrogen and oxygen atoms in total. The Labute approximate surface area is 282 Å². The van der Waals surface area contributed by atoms with Crippen molar-refractivity contribution < 1.29 is 19.2 Å². The lowest BCUT2D eigenvalue weighted by Gasteiger charge is -2.16. The van der Waals surface area contributed by atoms with Crippen LogP contribution in [0.5, 0.6) is 0 Å². The lowest BCUT2D eigenvalue weighted by molar-refractivity contribution is -0.114. The highest BCUT2D eigenvalue weighted by molar-refractivity contribution is 6.37. The molecule has 4 aromatic carbocycles. The summed E-state index contributed by atoms with van der Waals surface area (Å²) >= 11 is 0. The Balaban J connectivity index is 1.12. The molecule has 5 aromatic rings. The highest BCUT2D eigenvalue weighted by atomic mass is 16.2. The topological polar surface area (TPSA) is 133 Å². The second-order valence-electron chi connectivity index (χ2n) is 11.4. The zero-order chi connectivity index (χ0) is 33.7. The highest BCUT2D eigenvalue weighted by Crippen LogP contribution is 2.37. The van der Waals surface area contributed by atoms with Crippen LogP contribution in [0.3, 0.4) is 0 Å². The van der Waals surface area contributed by atoms with Crippen molar-refractivity contribution in [1.29, 1.82) is 0 Å². The van der Waals surface area contributed by atoms with E-state index in [1.165, 1.54) is 0 Å². The number of imide groups is 1. The molecule has 49 heavy (non-hydrogen) atoms. The lowest BCUT2D eigenvalue weighted by atomic mass is 9.98. The molecule has 7 rings (SSSR count). The van der Waals surface area contributed by atoms with Gasteiger partial charge in [0.15, 0.2) is 0 Å². The van der Waals surface area contributed by atoms with E-state index in [2.05, 4.69) is 26.3 Å². The van der Waals surface area contributed by atoms with Crippen LogP contribution in [0, 0.1) is 0 Å². The second-order valence-corrected chi connectivity index (χ2v) is 11.4. The van der Waals surface area contributed by atoms with Crippen LogP contribution in [0.15, 0.2) is 133 Å². The molecule has 1 fully saturated rings. The molecule has 0 unspecified atom stereocenters. The number of urea groups is 1. The summed E-state index contributed by atoms with van der Waals surface area (Å²) in [7, 11) is 0. The minimum absolute atomic E-state index is 0.174. The summed E-state index contributed by atoms with van der Waals surface area (Å²) < 4.78 is 0. The number of nitrogens with one attached hydrogen (secondary N) is 4. The molecule has 1 saturated heterocycles. The van der Waals surface area contributed by atoms with E-state index in [1.54, 1.807) is 60.9 Å². The molecule has 0 radical (unpaired) electrons. The van der Waals surface area contributed by atoms with E-state index in [-0.39, 0.29) is 17.5 Å². The number of benzene rings is 4. The van der Waals surface area contributed by atoms with Gasteiger partial charge in [0.25, 0.3) is 17.7 Å². The monoisotopic (exact) mass is 646 g/mol. The third kappa shape index (κ3) is 6.56. The number of rotatable bonds is 9. The zero-order valence-corrected chi connectivity index (χ0v) is 26.1. The molecule has 0 spiro atoms. The van der Waals surface area contributed by atoms with Gasteiger partial charge in [-0.1, -0.05) is 72.8 Å². The third-order valence-electron chi connectivity index (χ3n) is 8.19. The molecular weight excluding hydrogens is 616 g/mol. The highest BCUT2D eigenvalue weighted by Gasteiger charge is 2.35. The van der Waals surface area contributed by atoms with E-state index >= 15 is 0 Å². The summed E-state index contributed by atoms with van der Waals surface area (Å²) in [5.74, 6) is -0.986. The molecule has 0 atom stereocenters. The van der Waals surface area contributed by atoms with Gasteiger partial charge in [-0.15, -0.1) is 0 Å². The first-order valence-corrected chi connectivity index (χ1v) is 15.6. The minimum Gasteiger partial charge on any atom is -0.380 e. The number of pyridine rings is 1. The standard InChI is InChI=1S/C39H30N6O4/c46-36(42-24-26-7-3-1-4-8-26)29-13-16-32-31(22-29)34(37(47)43-32)35(28-9-5-2-6-10-28)41-23-27-11-14-30(15-12-27)45-38(48)33(44-39(45)49)21-25-17-19-40-20-18-25/h1-22,41H,23-24H2,(H,42,46)(H,43,47)(H,44,49). The molecule has 0 bridgehead atoms. The molecule has 3 heterocycles. The number of anilines is 2. The molecule has 1 aromatic heterocycles. The van der Waals surface area contributed by atoms with Crippen molar-refractivity contribution in [3.63, 3.8) is 0 Å². The van der Waals surface area contributed by atoms with Gasteiger partial charge in [0.05, 0.1) is 17.0 Å². The first kappa shape index (κ1) is 30.8. The summed E-state index contributed by atoms with van der Waals surface area (Å²) in [6, 6.07) is 34.3. The molecular formula is C39H30N6O4. The van der Waals surface area contributed by atoms with Crippen molar-refractivity contribution in [3.05, 3.63) is 167 Å². The Kier molecular flexibility index (Phi) is 8.49. The zero-order valence-electron chi connectivity index (χ0n) is 26.1. The average Bonchev–Trinajstić information content (AvgIpc) is 3.61. The number of aromatic nitrogens is 1. The molecule has 0 saturated carbocycles. The van der Waals surface area contributed by atoms with Gasteiger partial charge in [0.1, 0.15) is 5.70 Å². The molecule has 0 aliphatic carbocycles. The minimum atomic E-state index is -0.536. The van der Waals surface area contributed by atoms with Crippen molar-refractivity contribution >= 4 is 52.5 Å². The maximum atomic E-state index is 13.5. The Hall–Kier alpha value is -6.81. The van der Waals surface area contributed by atoms with E-state index in [4.69, 9.17) is 0 Å². The predicted molar refractivity (Wildman–Crippen MR) is 187 cm³/mol. The normalized spacial score (nSPS) is 15.5. The van der Waals surface area contributed by atoms with Crippen molar-refractivity contribution in [2.45, 2.75) is 13.1 Å². The molecule has 4 N–H and O–H groups in total. The van der Waals surface area contributed by atoms with Crippen molar-refractivity contribution in [3.8, 4) is 0 Å². The number of hydrogen-bond acceptors (Lipinski definition) is 6. The largest absolute Gasteiger partial charge is 0.380 e. The van der Waals surface area contributed by atoms with Crippen LogP contribution in [0.1, 0.15) is 38.2 Å². The SMILES string of the molecule is O=C1Nc2ccc(C(=O)NCc3ccccc3)cc2C1=C(NCc1ccc(N2C(=O)NC(=Cc3ccncc3)C2=O)cc1)c1ccccc1. The van der Waals surface area contributed by atoms with Crippen molar-refractivity contribution in [2.75, 3.05) is 10.2 Å². The van der Waals surface area contributed by atoms with Gasteiger partial charge < -0.3 is 21.3 Å². The van der Waals surface area contributed by atoms with Crippen molar-refractivity contribution in [1.82, 2.24) is 20.9 Å². The fraction of sp³-hybridized carbons (Fsp3) is 0.0513. The van der Waals surface area contributed by atoms with Crippen molar-refractivity contribution in [2.24, 2.45) is 0 Å². The Bertz CT molecular complexity index is 2130. The summed E-state index contributed by atoms with van der Waals surface area (Å²) in [6.45, 7) is 0.716. The quantitative estimate of drug-likeness (QED) is 0.120. The van der Waals surface area contributed by atoms with Gasteiger partial charge in [-0.2, -0.15) is 0 Å². The lowest BCUT2D eigenvalue weighted by Crippen LogP contribution is -2.30. The Morgan fingerprint density at radius 2 is 1.39 bits per heavy atom. The van der Waals surface area contributed by atoms with E-state index in [0.717, 1.165) is 27.2 Å². The van der Waals surface area contributed by atoms with E-state index in [1.807, 2.05) is 72.8 Å². The summed E-state index contributed by atoms with van der Waals surface area (Å²) in [6.07, 6.45) is 4.83. The van der Waals surface area contributed by atoms with Crippen LogP contribution in [0.4, 0.5) is 16.2 Å². The van der Waals surface area contributed by atoms with Crippen LogP contribution < -0.4 is 26.2 Å². The fourth-order valence-corrected chi connectivity index (χ4v) is 5.73. The average molecular weight is 647 g/mol. The molecule has 2 aliphatic rings. The number of carbonyl (C=O) groups excluding carboxylic acids is 4. The van der Waals surface area contributed by atoms with E-state index in [0.29, 0.717) is 46.9 Å². The summed E-state index contributed by atoms with van der Waals surface area (Å²) in [5, 5.41) is 12.0. The van der Waals surface area contributed by atoms with E-state index in [9.17, 15) is 19.2 Å². The van der Waals surface area contributed by atoms with Gasteiger partial charge in [0.2, 0.25) is 0 Å².